The maximum absolute atomic E-state index is 12.6. The van der Waals surface area contributed by atoms with Crippen molar-refractivity contribution < 1.29 is 14.1 Å². The Morgan fingerprint density at radius 3 is 2.89 bits per heavy atom. The predicted octanol–water partition coefficient (Wildman–Crippen LogP) is 1.75. The normalized spacial score (nSPS) is 21.9. The van der Waals surface area contributed by atoms with Crippen LogP contribution in [0, 0.1) is 0 Å². The number of nitrogens with zero attached hydrogens (tertiary/aromatic N) is 4. The van der Waals surface area contributed by atoms with Crippen LogP contribution < -0.4 is 5.32 Å². The van der Waals surface area contributed by atoms with Crippen molar-refractivity contribution in [3.8, 4) is 0 Å². The minimum absolute atomic E-state index is 0. The van der Waals surface area contributed by atoms with E-state index < -0.39 is 0 Å². The summed E-state index contributed by atoms with van der Waals surface area (Å²) in [6.45, 7) is 6.86. The van der Waals surface area contributed by atoms with Crippen molar-refractivity contribution in [1.29, 1.82) is 0 Å². The number of nitrogens with one attached hydrogen (secondary N) is 1. The van der Waals surface area contributed by atoms with Crippen molar-refractivity contribution in [2.75, 3.05) is 51.3 Å². The Labute approximate surface area is 183 Å². The fourth-order valence-corrected chi connectivity index (χ4v) is 4.21. The number of ether oxygens (including phenoxy) is 1. The monoisotopic (exact) mass is 455 g/mol. The number of carbonyl (C=O) groups is 1. The molecule has 0 radical (unpaired) electrons. The first-order valence-electron chi connectivity index (χ1n) is 9.32. The molecule has 0 saturated carbocycles. The van der Waals surface area contributed by atoms with E-state index in [2.05, 4.69) is 20.4 Å². The molecule has 3 heterocycles. The van der Waals surface area contributed by atoms with Gasteiger partial charge in [0, 0.05) is 63.8 Å². The molecule has 8 nitrogen and oxygen atoms in total. The van der Waals surface area contributed by atoms with Crippen LogP contribution in [-0.2, 0) is 16.1 Å². The summed E-state index contributed by atoms with van der Waals surface area (Å²) >= 11 is 1.93. The first-order valence-corrected chi connectivity index (χ1v) is 10.5. The van der Waals surface area contributed by atoms with Crippen molar-refractivity contribution in [3.05, 3.63) is 11.7 Å². The van der Waals surface area contributed by atoms with Crippen LogP contribution in [0.3, 0.4) is 0 Å². The molecule has 28 heavy (non-hydrogen) atoms. The highest BCUT2D eigenvalue weighted by Crippen LogP contribution is 2.15. The Kier molecular flexibility index (Phi) is 11.7. The first kappa shape index (κ1) is 25.5. The first-order chi connectivity index (χ1) is 12.7. The summed E-state index contributed by atoms with van der Waals surface area (Å²) in [7, 11) is 1.63. The number of halogens is 2. The summed E-state index contributed by atoms with van der Waals surface area (Å²) in [6.07, 6.45) is 1.40. The van der Waals surface area contributed by atoms with Crippen molar-refractivity contribution in [2.45, 2.75) is 38.5 Å². The lowest BCUT2D eigenvalue weighted by Gasteiger charge is -2.26. The van der Waals surface area contributed by atoms with Crippen molar-refractivity contribution in [2.24, 2.45) is 0 Å². The van der Waals surface area contributed by atoms with Gasteiger partial charge in [-0.1, -0.05) is 5.16 Å². The summed E-state index contributed by atoms with van der Waals surface area (Å²) in [5.41, 5.74) is 0. The van der Waals surface area contributed by atoms with Crippen LogP contribution in [0.2, 0.25) is 0 Å². The zero-order valence-corrected chi connectivity index (χ0v) is 18.9. The van der Waals surface area contributed by atoms with Crippen LogP contribution >= 0.6 is 36.6 Å². The number of rotatable bonds is 6. The van der Waals surface area contributed by atoms with Crippen molar-refractivity contribution >= 4 is 42.5 Å². The maximum Gasteiger partial charge on any atom is 0.240 e. The molecule has 11 heteroatoms. The second-order valence-corrected chi connectivity index (χ2v) is 8.01. The van der Waals surface area contributed by atoms with E-state index >= 15 is 0 Å². The molecule has 1 amide bonds. The Morgan fingerprint density at radius 2 is 2.18 bits per heavy atom. The van der Waals surface area contributed by atoms with Crippen molar-refractivity contribution in [3.63, 3.8) is 0 Å². The highest BCUT2D eigenvalue weighted by molar-refractivity contribution is 7.99. The van der Waals surface area contributed by atoms with Crippen molar-refractivity contribution in [1.82, 2.24) is 25.3 Å². The topological polar surface area (TPSA) is 83.7 Å². The molecular weight excluding hydrogens is 425 g/mol. The second-order valence-electron chi connectivity index (χ2n) is 6.86. The Balaban J connectivity index is 0.00000196. The maximum atomic E-state index is 12.6. The number of amides is 1. The summed E-state index contributed by atoms with van der Waals surface area (Å²) in [6, 6.07) is 0.320. The van der Waals surface area contributed by atoms with Gasteiger partial charge in [-0.3, -0.25) is 9.69 Å². The number of thioether (sulfide) groups is 1. The van der Waals surface area contributed by atoms with Gasteiger partial charge >= 0.3 is 0 Å². The minimum atomic E-state index is -0.170. The molecule has 2 atom stereocenters. The van der Waals surface area contributed by atoms with Crippen LogP contribution in [0.1, 0.15) is 37.6 Å². The zero-order valence-electron chi connectivity index (χ0n) is 16.5. The predicted molar refractivity (Wildman–Crippen MR) is 114 cm³/mol. The lowest BCUT2D eigenvalue weighted by atomic mass is 10.2. The van der Waals surface area contributed by atoms with Gasteiger partial charge in [-0.05, 0) is 13.3 Å². The van der Waals surface area contributed by atoms with E-state index in [4.69, 9.17) is 9.26 Å². The van der Waals surface area contributed by atoms with Gasteiger partial charge in [0.25, 0.3) is 0 Å². The lowest BCUT2D eigenvalue weighted by molar-refractivity contribution is -0.131. The summed E-state index contributed by atoms with van der Waals surface area (Å²) in [5.74, 6) is 3.62. The molecule has 1 N–H and O–H groups in total. The Morgan fingerprint density at radius 1 is 1.36 bits per heavy atom. The van der Waals surface area contributed by atoms with Gasteiger partial charge in [-0.2, -0.15) is 16.7 Å². The largest absolute Gasteiger partial charge is 0.374 e. The molecule has 2 aliphatic heterocycles. The molecule has 1 aromatic heterocycles. The van der Waals surface area contributed by atoms with Gasteiger partial charge in [0.1, 0.15) is 6.10 Å². The second kappa shape index (κ2) is 12.9. The Hall–Kier alpha value is -0.580. The fraction of sp³-hybridized carbons (Fsp3) is 0.824. The van der Waals surface area contributed by atoms with Crippen LogP contribution in [0.5, 0.6) is 0 Å². The van der Waals surface area contributed by atoms with E-state index in [1.54, 1.807) is 7.11 Å². The molecule has 2 unspecified atom stereocenters. The van der Waals surface area contributed by atoms with E-state index in [-0.39, 0.29) is 36.8 Å². The van der Waals surface area contributed by atoms with E-state index in [0.29, 0.717) is 30.7 Å². The summed E-state index contributed by atoms with van der Waals surface area (Å²) in [5, 5.41) is 7.42. The molecule has 162 valence electrons. The van der Waals surface area contributed by atoms with E-state index in [0.717, 1.165) is 50.7 Å². The number of hydrogen-bond donors (Lipinski definition) is 1. The number of methoxy groups -OCH3 is 1. The minimum Gasteiger partial charge on any atom is -0.374 e. The smallest absolute Gasteiger partial charge is 0.240 e. The van der Waals surface area contributed by atoms with Gasteiger partial charge in [0.05, 0.1) is 6.54 Å². The molecule has 0 aliphatic carbocycles. The SMILES string of the molecule is COC(C)c1noc(CN2CCCN(C(=O)CC3CSCCN3)CC2)n1.Cl.Cl. The highest BCUT2D eigenvalue weighted by Gasteiger charge is 2.24. The summed E-state index contributed by atoms with van der Waals surface area (Å²) < 4.78 is 10.5. The molecular formula is C17H31Cl2N5O3S. The molecule has 2 fully saturated rings. The van der Waals surface area contributed by atoms with Crippen LogP contribution in [0.15, 0.2) is 4.52 Å². The summed E-state index contributed by atoms with van der Waals surface area (Å²) in [4.78, 5) is 21.3. The third-order valence-corrected chi connectivity index (χ3v) is 6.05. The molecule has 2 saturated heterocycles. The lowest BCUT2D eigenvalue weighted by Crippen LogP contribution is -2.43. The van der Waals surface area contributed by atoms with Gasteiger partial charge in [0.2, 0.25) is 11.8 Å². The van der Waals surface area contributed by atoms with Gasteiger partial charge in [-0.15, -0.1) is 24.8 Å². The third kappa shape index (κ3) is 7.35. The number of hydrogen-bond acceptors (Lipinski definition) is 8. The van der Waals surface area contributed by atoms with Gasteiger partial charge in [0.15, 0.2) is 5.82 Å². The molecule has 0 spiro atoms. The average Bonchev–Trinajstić information content (AvgIpc) is 2.99. The van der Waals surface area contributed by atoms with Crippen LogP contribution in [0.25, 0.3) is 0 Å². The molecule has 3 rings (SSSR count). The molecule has 2 aliphatic rings. The number of aromatic nitrogens is 2. The van der Waals surface area contributed by atoms with E-state index in [1.165, 1.54) is 0 Å². The third-order valence-electron chi connectivity index (χ3n) is 4.92. The fourth-order valence-electron chi connectivity index (χ4n) is 3.26. The van der Waals surface area contributed by atoms with E-state index in [1.807, 2.05) is 23.6 Å². The molecule has 1 aromatic rings. The van der Waals surface area contributed by atoms with E-state index in [9.17, 15) is 4.79 Å². The zero-order chi connectivity index (χ0) is 18.4. The molecule has 0 bridgehead atoms. The van der Waals surface area contributed by atoms with Gasteiger partial charge in [-0.25, -0.2) is 0 Å². The highest BCUT2D eigenvalue weighted by atomic mass is 35.5. The standard InChI is InChI=1S/C17H29N5O3S.2ClH/c1-13(24-2)17-19-15(25-20-17)11-21-5-3-6-22(8-7-21)16(23)10-14-12-26-9-4-18-14;;/h13-14,18H,3-12H2,1-2H3;2*1H. The quantitative estimate of drug-likeness (QED) is 0.694. The average molecular weight is 456 g/mol. The Bertz CT molecular complexity index is 589. The van der Waals surface area contributed by atoms with Crippen LogP contribution in [-0.4, -0.2) is 83.2 Å². The van der Waals surface area contributed by atoms with Crippen LogP contribution in [0.4, 0.5) is 0 Å². The number of carbonyl (C=O) groups excluding carboxylic acids is 1. The van der Waals surface area contributed by atoms with Gasteiger partial charge < -0.3 is 19.5 Å². The molecule has 0 aromatic carbocycles.